The fourth-order valence-electron chi connectivity index (χ4n) is 1.65. The molecule has 0 aromatic heterocycles. The Morgan fingerprint density at radius 2 is 1.85 bits per heavy atom. The normalized spacial score (nSPS) is 9.80. The van der Waals surface area contributed by atoms with E-state index < -0.39 is 5.97 Å². The molecule has 4 nitrogen and oxygen atoms in total. The number of benzene rings is 2. The molecule has 0 aliphatic rings. The van der Waals surface area contributed by atoms with Gasteiger partial charge in [0.2, 0.25) is 0 Å². The van der Waals surface area contributed by atoms with E-state index in [4.69, 9.17) is 15.1 Å². The molecule has 0 atom stereocenters. The first kappa shape index (κ1) is 14.0. The number of ether oxygens (including phenoxy) is 1. The molecule has 2 aromatic carbocycles. The number of hydrogen-bond donors (Lipinski definition) is 1. The summed E-state index contributed by atoms with van der Waals surface area (Å²) in [4.78, 5) is 12.8. The van der Waals surface area contributed by atoms with Crippen molar-refractivity contribution in [3.8, 4) is 11.8 Å². The average Bonchev–Trinajstić information content (AvgIpc) is 2.47. The largest absolute Gasteiger partial charge is 0.496 e. The second-order valence-corrected chi connectivity index (χ2v) is 5.05. The quantitative estimate of drug-likeness (QED) is 0.932. The lowest BCUT2D eigenvalue weighted by Crippen LogP contribution is -2.00. The third-order valence-electron chi connectivity index (χ3n) is 2.62. The predicted octanol–water partition coefficient (Wildman–Crippen LogP) is 3.42. The number of carboxylic acid groups (broad SMARTS) is 1. The molecule has 0 radical (unpaired) electrons. The third-order valence-corrected chi connectivity index (χ3v) is 3.62. The molecule has 0 unspecified atom stereocenters. The van der Waals surface area contributed by atoms with Crippen LogP contribution in [0, 0.1) is 11.3 Å². The molecule has 100 valence electrons. The lowest BCUT2D eigenvalue weighted by Gasteiger charge is -2.07. The van der Waals surface area contributed by atoms with Crippen molar-refractivity contribution in [3.05, 3.63) is 53.6 Å². The molecule has 20 heavy (non-hydrogen) atoms. The number of methoxy groups -OCH3 is 1. The molecule has 0 saturated carbocycles. The zero-order valence-corrected chi connectivity index (χ0v) is 11.5. The molecular weight excluding hydrogens is 274 g/mol. The van der Waals surface area contributed by atoms with E-state index in [2.05, 4.69) is 6.07 Å². The fraction of sp³-hybridized carbons (Fsp3) is 0.0667. The van der Waals surface area contributed by atoms with Crippen LogP contribution in [0.4, 0.5) is 0 Å². The first-order valence-corrected chi connectivity index (χ1v) is 6.55. The SMILES string of the molecule is COc1cc(Sc2ccc(C#N)cc2)ccc1C(=O)O. The van der Waals surface area contributed by atoms with Crippen molar-refractivity contribution < 1.29 is 14.6 Å². The van der Waals surface area contributed by atoms with Crippen LogP contribution < -0.4 is 4.74 Å². The number of nitriles is 1. The number of carbonyl (C=O) groups is 1. The Bertz CT molecular complexity index is 675. The maximum absolute atomic E-state index is 11.0. The standard InChI is InChI=1S/C15H11NO3S/c1-19-14-8-12(6-7-13(14)15(17)18)20-11-4-2-10(9-16)3-5-11/h2-8H,1H3,(H,17,18). The van der Waals surface area contributed by atoms with Crippen molar-refractivity contribution in [2.75, 3.05) is 7.11 Å². The van der Waals surface area contributed by atoms with Crippen molar-refractivity contribution in [1.82, 2.24) is 0 Å². The first-order valence-electron chi connectivity index (χ1n) is 5.73. The summed E-state index contributed by atoms with van der Waals surface area (Å²) in [6.45, 7) is 0. The van der Waals surface area contributed by atoms with Crippen LogP contribution in [0.5, 0.6) is 5.75 Å². The van der Waals surface area contributed by atoms with E-state index in [0.717, 1.165) is 9.79 Å². The second-order valence-electron chi connectivity index (χ2n) is 3.91. The second kappa shape index (κ2) is 6.13. The van der Waals surface area contributed by atoms with Crippen LogP contribution >= 0.6 is 11.8 Å². The van der Waals surface area contributed by atoms with Crippen LogP contribution in [-0.2, 0) is 0 Å². The molecule has 1 N–H and O–H groups in total. The summed E-state index contributed by atoms with van der Waals surface area (Å²) in [5.74, 6) is -0.687. The van der Waals surface area contributed by atoms with E-state index in [1.807, 2.05) is 12.1 Å². The summed E-state index contributed by atoms with van der Waals surface area (Å²) < 4.78 is 5.08. The molecule has 2 aromatic rings. The number of nitrogens with zero attached hydrogens (tertiary/aromatic N) is 1. The van der Waals surface area contributed by atoms with Gasteiger partial charge in [-0.2, -0.15) is 5.26 Å². The van der Waals surface area contributed by atoms with Crippen molar-refractivity contribution >= 4 is 17.7 Å². The number of hydrogen-bond acceptors (Lipinski definition) is 4. The Labute approximate surface area is 120 Å². The molecule has 0 saturated heterocycles. The molecule has 0 heterocycles. The zero-order chi connectivity index (χ0) is 14.5. The summed E-state index contributed by atoms with van der Waals surface area (Å²) in [6.07, 6.45) is 0. The third kappa shape index (κ3) is 3.11. The molecule has 0 amide bonds. The van der Waals surface area contributed by atoms with E-state index in [9.17, 15) is 4.79 Å². The Morgan fingerprint density at radius 3 is 2.40 bits per heavy atom. The van der Waals surface area contributed by atoms with Gasteiger partial charge < -0.3 is 9.84 Å². The Balaban J connectivity index is 2.25. The highest BCUT2D eigenvalue weighted by Gasteiger charge is 2.11. The number of carboxylic acids is 1. The first-order chi connectivity index (χ1) is 9.63. The summed E-state index contributed by atoms with van der Waals surface area (Å²) >= 11 is 1.47. The minimum Gasteiger partial charge on any atom is -0.496 e. The lowest BCUT2D eigenvalue weighted by molar-refractivity contribution is 0.0693. The molecule has 5 heteroatoms. The van der Waals surface area contributed by atoms with Crippen LogP contribution in [0.15, 0.2) is 52.3 Å². The minimum atomic E-state index is -1.02. The van der Waals surface area contributed by atoms with Gasteiger partial charge in [0.25, 0.3) is 0 Å². The molecule has 2 rings (SSSR count). The van der Waals surface area contributed by atoms with Gasteiger partial charge in [-0.25, -0.2) is 4.79 Å². The van der Waals surface area contributed by atoms with Crippen molar-refractivity contribution in [2.45, 2.75) is 9.79 Å². The van der Waals surface area contributed by atoms with Crippen molar-refractivity contribution in [2.24, 2.45) is 0 Å². The van der Waals surface area contributed by atoms with Crippen molar-refractivity contribution in [1.29, 1.82) is 5.26 Å². The predicted molar refractivity (Wildman–Crippen MR) is 75.2 cm³/mol. The highest BCUT2D eigenvalue weighted by Crippen LogP contribution is 2.32. The van der Waals surface area contributed by atoms with Gasteiger partial charge in [0, 0.05) is 9.79 Å². The Kier molecular flexibility index (Phi) is 4.28. The van der Waals surface area contributed by atoms with Gasteiger partial charge in [-0.1, -0.05) is 11.8 Å². The van der Waals surface area contributed by atoms with Gasteiger partial charge in [-0.15, -0.1) is 0 Å². The van der Waals surface area contributed by atoms with E-state index in [1.165, 1.54) is 24.9 Å². The van der Waals surface area contributed by atoms with Crippen LogP contribution in [-0.4, -0.2) is 18.2 Å². The van der Waals surface area contributed by atoms with E-state index in [0.29, 0.717) is 11.3 Å². The van der Waals surface area contributed by atoms with E-state index >= 15 is 0 Å². The van der Waals surface area contributed by atoms with Crippen LogP contribution in [0.25, 0.3) is 0 Å². The van der Waals surface area contributed by atoms with E-state index in [-0.39, 0.29) is 5.56 Å². The average molecular weight is 285 g/mol. The summed E-state index contributed by atoms with van der Waals surface area (Å²) in [6, 6.07) is 14.2. The summed E-state index contributed by atoms with van der Waals surface area (Å²) in [5.41, 5.74) is 0.741. The van der Waals surface area contributed by atoms with E-state index in [1.54, 1.807) is 24.3 Å². The number of rotatable bonds is 4. The molecule has 0 fully saturated rings. The minimum absolute atomic E-state index is 0.136. The topological polar surface area (TPSA) is 70.3 Å². The van der Waals surface area contributed by atoms with Gasteiger partial charge in [0.1, 0.15) is 11.3 Å². The highest BCUT2D eigenvalue weighted by molar-refractivity contribution is 7.99. The molecule has 0 aliphatic heterocycles. The monoisotopic (exact) mass is 285 g/mol. The fourth-order valence-corrected chi connectivity index (χ4v) is 2.49. The maximum atomic E-state index is 11.0. The van der Waals surface area contributed by atoms with Crippen LogP contribution in [0.3, 0.4) is 0 Å². The Morgan fingerprint density at radius 1 is 1.20 bits per heavy atom. The molecule has 0 spiro atoms. The van der Waals surface area contributed by atoms with Crippen LogP contribution in [0.2, 0.25) is 0 Å². The van der Waals surface area contributed by atoms with Crippen LogP contribution in [0.1, 0.15) is 15.9 Å². The van der Waals surface area contributed by atoms with Gasteiger partial charge in [0.15, 0.2) is 0 Å². The maximum Gasteiger partial charge on any atom is 0.339 e. The Hall–Kier alpha value is -2.45. The number of aromatic carboxylic acids is 1. The van der Waals surface area contributed by atoms with Gasteiger partial charge >= 0.3 is 5.97 Å². The molecule has 0 aliphatic carbocycles. The van der Waals surface area contributed by atoms with Gasteiger partial charge in [0.05, 0.1) is 18.7 Å². The molecular formula is C15H11NO3S. The van der Waals surface area contributed by atoms with Gasteiger partial charge in [-0.05, 0) is 42.5 Å². The lowest BCUT2D eigenvalue weighted by atomic mass is 10.2. The molecule has 0 bridgehead atoms. The van der Waals surface area contributed by atoms with Gasteiger partial charge in [-0.3, -0.25) is 0 Å². The smallest absolute Gasteiger partial charge is 0.339 e. The highest BCUT2D eigenvalue weighted by atomic mass is 32.2. The zero-order valence-electron chi connectivity index (χ0n) is 10.7. The summed E-state index contributed by atoms with van der Waals surface area (Å²) in [7, 11) is 1.44. The summed E-state index contributed by atoms with van der Waals surface area (Å²) in [5, 5.41) is 17.8. The van der Waals surface area contributed by atoms with Crippen molar-refractivity contribution in [3.63, 3.8) is 0 Å².